The van der Waals surface area contributed by atoms with Crippen molar-refractivity contribution >= 4 is 11.6 Å². The summed E-state index contributed by atoms with van der Waals surface area (Å²) >= 11 is 0. The SMILES string of the molecule is OCC1(CNc2cc(-c3ccccc3)n3ncnc3n2)CCOCC1. The smallest absolute Gasteiger partial charge is 0.254 e. The molecule has 3 heterocycles. The van der Waals surface area contributed by atoms with Crippen LogP contribution in [0, 0.1) is 5.41 Å². The molecule has 2 N–H and O–H groups in total. The van der Waals surface area contributed by atoms with E-state index in [0.717, 1.165) is 29.9 Å². The van der Waals surface area contributed by atoms with E-state index in [-0.39, 0.29) is 12.0 Å². The van der Waals surface area contributed by atoms with Gasteiger partial charge in [-0.1, -0.05) is 30.3 Å². The van der Waals surface area contributed by atoms with Gasteiger partial charge in [-0.2, -0.15) is 19.6 Å². The predicted molar refractivity (Wildman–Crippen MR) is 94.3 cm³/mol. The van der Waals surface area contributed by atoms with Gasteiger partial charge in [0.25, 0.3) is 5.78 Å². The Morgan fingerprint density at radius 3 is 2.76 bits per heavy atom. The molecule has 0 aliphatic carbocycles. The number of nitrogens with one attached hydrogen (secondary N) is 1. The molecule has 0 amide bonds. The fourth-order valence-electron chi connectivity index (χ4n) is 3.19. The van der Waals surface area contributed by atoms with Crippen molar-refractivity contribution in [3.05, 3.63) is 42.7 Å². The molecule has 2 aromatic heterocycles. The highest BCUT2D eigenvalue weighted by Crippen LogP contribution is 2.30. The Balaban J connectivity index is 1.64. The number of aliphatic hydroxyl groups excluding tert-OH is 1. The van der Waals surface area contributed by atoms with Crippen LogP contribution in [0.1, 0.15) is 12.8 Å². The van der Waals surface area contributed by atoms with Gasteiger partial charge < -0.3 is 15.2 Å². The van der Waals surface area contributed by atoms with E-state index in [9.17, 15) is 5.11 Å². The third-order valence-corrected chi connectivity index (χ3v) is 4.85. The van der Waals surface area contributed by atoms with Gasteiger partial charge in [0, 0.05) is 36.8 Å². The molecular weight excluding hydrogens is 318 g/mol. The van der Waals surface area contributed by atoms with Crippen LogP contribution in [-0.4, -0.2) is 51.1 Å². The van der Waals surface area contributed by atoms with E-state index < -0.39 is 0 Å². The Labute approximate surface area is 145 Å². The molecule has 25 heavy (non-hydrogen) atoms. The van der Waals surface area contributed by atoms with Gasteiger partial charge in [0.1, 0.15) is 12.1 Å². The van der Waals surface area contributed by atoms with Gasteiger partial charge in [-0.05, 0) is 12.8 Å². The number of fused-ring (bicyclic) bond motifs is 1. The van der Waals surface area contributed by atoms with Crippen molar-refractivity contribution in [3.8, 4) is 11.3 Å². The Kier molecular flexibility index (Phi) is 4.33. The number of aliphatic hydroxyl groups is 1. The van der Waals surface area contributed by atoms with Crippen LogP contribution in [0.15, 0.2) is 42.7 Å². The number of rotatable bonds is 5. The highest BCUT2D eigenvalue weighted by molar-refractivity contribution is 5.65. The quantitative estimate of drug-likeness (QED) is 0.739. The fraction of sp³-hybridized carbons (Fsp3) is 0.389. The first-order valence-corrected chi connectivity index (χ1v) is 8.48. The normalized spacial score (nSPS) is 16.8. The van der Waals surface area contributed by atoms with Crippen LogP contribution in [0.2, 0.25) is 0 Å². The summed E-state index contributed by atoms with van der Waals surface area (Å²) in [6, 6.07) is 12.0. The van der Waals surface area contributed by atoms with Crippen molar-refractivity contribution in [2.45, 2.75) is 12.8 Å². The molecule has 1 fully saturated rings. The zero-order valence-electron chi connectivity index (χ0n) is 13.9. The topological polar surface area (TPSA) is 84.6 Å². The lowest BCUT2D eigenvalue weighted by Gasteiger charge is -2.35. The van der Waals surface area contributed by atoms with Crippen LogP contribution >= 0.6 is 0 Å². The highest BCUT2D eigenvalue weighted by atomic mass is 16.5. The number of aromatic nitrogens is 4. The standard InChI is InChI=1S/C18H21N5O2/c24-12-18(6-8-25-9-7-18)11-19-16-10-15(14-4-2-1-3-5-14)23-17(22-16)20-13-21-23/h1-5,10,13,24H,6-9,11-12H2,(H,19,20,21,22). The second-order valence-electron chi connectivity index (χ2n) is 6.49. The van der Waals surface area contributed by atoms with Crippen molar-refractivity contribution in [1.82, 2.24) is 19.6 Å². The minimum absolute atomic E-state index is 0.141. The molecule has 130 valence electrons. The summed E-state index contributed by atoms with van der Waals surface area (Å²) < 4.78 is 7.16. The summed E-state index contributed by atoms with van der Waals surface area (Å²) in [7, 11) is 0. The number of anilines is 1. The highest BCUT2D eigenvalue weighted by Gasteiger charge is 2.32. The molecule has 1 aromatic carbocycles. The van der Waals surface area contributed by atoms with E-state index in [0.29, 0.717) is 25.5 Å². The van der Waals surface area contributed by atoms with E-state index in [4.69, 9.17) is 4.74 Å². The van der Waals surface area contributed by atoms with Crippen molar-refractivity contribution in [2.24, 2.45) is 5.41 Å². The summed E-state index contributed by atoms with van der Waals surface area (Å²) in [4.78, 5) is 8.77. The third-order valence-electron chi connectivity index (χ3n) is 4.85. The summed E-state index contributed by atoms with van der Waals surface area (Å²) in [5.74, 6) is 1.28. The van der Waals surface area contributed by atoms with Gasteiger partial charge in [0.05, 0.1) is 12.3 Å². The van der Waals surface area contributed by atoms with Crippen LogP contribution in [0.3, 0.4) is 0 Å². The first kappa shape index (κ1) is 16.0. The zero-order chi connectivity index (χ0) is 17.1. The van der Waals surface area contributed by atoms with Gasteiger partial charge in [0.15, 0.2) is 0 Å². The van der Waals surface area contributed by atoms with Crippen molar-refractivity contribution in [3.63, 3.8) is 0 Å². The van der Waals surface area contributed by atoms with Crippen LogP contribution < -0.4 is 5.32 Å². The Hall–Kier alpha value is -2.51. The van der Waals surface area contributed by atoms with Crippen LogP contribution in [0.5, 0.6) is 0 Å². The minimum Gasteiger partial charge on any atom is -0.396 e. The molecule has 1 aliphatic rings. The summed E-state index contributed by atoms with van der Waals surface area (Å²) in [5.41, 5.74) is 1.81. The first-order chi connectivity index (χ1) is 12.3. The summed E-state index contributed by atoms with van der Waals surface area (Å²) in [5, 5.41) is 17.5. The average molecular weight is 339 g/mol. The number of nitrogens with zero attached hydrogens (tertiary/aromatic N) is 4. The van der Waals surface area contributed by atoms with Gasteiger partial charge >= 0.3 is 0 Å². The molecule has 7 nitrogen and oxygen atoms in total. The Morgan fingerprint density at radius 2 is 2.00 bits per heavy atom. The second kappa shape index (κ2) is 6.78. The number of hydrogen-bond donors (Lipinski definition) is 2. The molecule has 0 bridgehead atoms. The number of ether oxygens (including phenoxy) is 1. The van der Waals surface area contributed by atoms with Crippen molar-refractivity contribution in [2.75, 3.05) is 31.7 Å². The second-order valence-corrected chi connectivity index (χ2v) is 6.49. The number of hydrogen-bond acceptors (Lipinski definition) is 6. The van der Waals surface area contributed by atoms with Crippen LogP contribution in [-0.2, 0) is 4.74 Å². The fourth-order valence-corrected chi connectivity index (χ4v) is 3.19. The molecule has 1 aliphatic heterocycles. The molecular formula is C18H21N5O2. The lowest BCUT2D eigenvalue weighted by molar-refractivity contribution is -0.00861. The van der Waals surface area contributed by atoms with E-state index in [1.165, 1.54) is 6.33 Å². The number of benzene rings is 1. The first-order valence-electron chi connectivity index (χ1n) is 8.48. The lowest BCUT2D eigenvalue weighted by atomic mass is 9.81. The summed E-state index contributed by atoms with van der Waals surface area (Å²) in [6.45, 7) is 2.17. The molecule has 0 saturated carbocycles. The van der Waals surface area contributed by atoms with Gasteiger partial charge in [0.2, 0.25) is 0 Å². The molecule has 0 unspecified atom stereocenters. The van der Waals surface area contributed by atoms with Crippen molar-refractivity contribution in [1.29, 1.82) is 0 Å². The third kappa shape index (κ3) is 3.20. The summed E-state index contributed by atoms with van der Waals surface area (Å²) in [6.07, 6.45) is 3.19. The molecule has 0 spiro atoms. The molecule has 1 saturated heterocycles. The van der Waals surface area contributed by atoms with Gasteiger partial charge in [-0.3, -0.25) is 0 Å². The molecule has 7 heteroatoms. The molecule has 4 rings (SSSR count). The average Bonchev–Trinajstić information content (AvgIpc) is 3.16. The van der Waals surface area contributed by atoms with Gasteiger partial charge in [-0.15, -0.1) is 0 Å². The minimum atomic E-state index is -0.160. The molecule has 0 atom stereocenters. The van der Waals surface area contributed by atoms with Gasteiger partial charge in [-0.25, -0.2) is 0 Å². The maximum absolute atomic E-state index is 9.85. The molecule has 3 aromatic rings. The predicted octanol–water partition coefficient (Wildman–Crippen LogP) is 1.99. The Bertz CT molecular complexity index is 843. The van der Waals surface area contributed by atoms with Crippen molar-refractivity contribution < 1.29 is 9.84 Å². The lowest BCUT2D eigenvalue weighted by Crippen LogP contribution is -2.39. The van der Waals surface area contributed by atoms with E-state index in [1.807, 2.05) is 36.4 Å². The van der Waals surface area contributed by atoms with E-state index >= 15 is 0 Å². The maximum Gasteiger partial charge on any atom is 0.254 e. The van der Waals surface area contributed by atoms with Crippen LogP contribution in [0.25, 0.3) is 17.0 Å². The zero-order valence-corrected chi connectivity index (χ0v) is 13.9. The maximum atomic E-state index is 9.85. The Morgan fingerprint density at radius 1 is 1.20 bits per heavy atom. The van der Waals surface area contributed by atoms with E-state index in [2.05, 4.69) is 20.4 Å². The largest absolute Gasteiger partial charge is 0.396 e. The monoisotopic (exact) mass is 339 g/mol. The molecule has 0 radical (unpaired) electrons. The van der Waals surface area contributed by atoms with E-state index in [1.54, 1.807) is 4.52 Å². The van der Waals surface area contributed by atoms with Crippen LogP contribution in [0.4, 0.5) is 5.82 Å².